The third-order valence-electron chi connectivity index (χ3n) is 7.69. The molecule has 13 heteroatoms. The Morgan fingerprint density at radius 2 is 1.37 bits per heavy atom. The fourth-order valence-electron chi connectivity index (χ4n) is 5.60. The molecule has 2 atom stereocenters. The third-order valence-corrected chi connectivity index (χ3v) is 7.69. The van der Waals surface area contributed by atoms with Gasteiger partial charge < -0.3 is 47.5 Å². The summed E-state index contributed by atoms with van der Waals surface area (Å²) in [6.45, 7) is 1.70. The number of methoxy groups -OCH3 is 6. The van der Waals surface area contributed by atoms with Gasteiger partial charge in [-0.3, -0.25) is 4.79 Å². The minimum Gasteiger partial charge on any atom is -0.550 e. The summed E-state index contributed by atoms with van der Waals surface area (Å²) >= 11 is 0. The Morgan fingerprint density at radius 1 is 0.814 bits per heavy atom. The number of halogens is 2. The fourth-order valence-corrected chi connectivity index (χ4v) is 5.60. The minimum absolute atomic E-state index is 0. The molecular formula is C30H43Cl2NO10. The van der Waals surface area contributed by atoms with Gasteiger partial charge in [0.25, 0.3) is 0 Å². The molecule has 0 aromatic heterocycles. The first-order chi connectivity index (χ1) is 19.7. The maximum Gasteiger partial charge on any atom is 0.306 e. The normalized spacial score (nSPS) is 16.9. The van der Waals surface area contributed by atoms with Gasteiger partial charge in [-0.2, -0.15) is 0 Å². The number of aliphatic carboxylic acids is 1. The lowest BCUT2D eigenvalue weighted by molar-refractivity contribution is -0.941. The van der Waals surface area contributed by atoms with E-state index in [1.807, 2.05) is 18.2 Å². The van der Waals surface area contributed by atoms with Gasteiger partial charge in [0.1, 0.15) is 6.04 Å². The number of carboxylic acids is 1. The molecule has 2 aromatic rings. The molecule has 0 aliphatic carbocycles. The summed E-state index contributed by atoms with van der Waals surface area (Å²) < 4.78 is 40.0. The number of quaternary nitrogens is 1. The quantitative estimate of drug-likeness (QED) is 0.162. The number of rotatable bonds is 15. The number of benzene rings is 2. The van der Waals surface area contributed by atoms with Crippen molar-refractivity contribution < 1.29 is 52.3 Å². The molecule has 1 aliphatic heterocycles. The molecule has 0 saturated carbocycles. The summed E-state index contributed by atoms with van der Waals surface area (Å²) in [6.07, 6.45) is 1.41. The van der Waals surface area contributed by atoms with Gasteiger partial charge in [0.15, 0.2) is 23.0 Å². The second kappa shape index (κ2) is 17.1. The Kier molecular flexibility index (Phi) is 15.0. The summed E-state index contributed by atoms with van der Waals surface area (Å²) in [4.78, 5) is 22.6. The van der Waals surface area contributed by atoms with Gasteiger partial charge in [-0.25, -0.2) is 0 Å². The number of carbonyl (C=O) groups excluding carboxylic acids is 2. The van der Waals surface area contributed by atoms with Crippen molar-refractivity contribution >= 4 is 36.8 Å². The Balaban J connectivity index is 0.00000462. The first kappa shape index (κ1) is 37.7. The van der Waals surface area contributed by atoms with E-state index in [9.17, 15) is 14.7 Å². The number of carboxylic acid groups (broad SMARTS) is 1. The zero-order valence-corrected chi connectivity index (χ0v) is 27.4. The molecule has 0 spiro atoms. The van der Waals surface area contributed by atoms with E-state index < -0.39 is 11.9 Å². The first-order valence-electron chi connectivity index (χ1n) is 13.5. The van der Waals surface area contributed by atoms with Crippen molar-refractivity contribution in [1.82, 2.24) is 0 Å². The van der Waals surface area contributed by atoms with Gasteiger partial charge in [0.05, 0.1) is 81.4 Å². The van der Waals surface area contributed by atoms with Crippen LogP contribution < -0.4 is 33.5 Å². The van der Waals surface area contributed by atoms with Crippen molar-refractivity contribution in [2.45, 2.75) is 38.1 Å². The van der Waals surface area contributed by atoms with E-state index in [-0.39, 0.29) is 50.3 Å². The number of fused-ring (bicyclic) bond motifs is 1. The van der Waals surface area contributed by atoms with E-state index in [0.29, 0.717) is 58.4 Å². The second-order valence-electron chi connectivity index (χ2n) is 10.1. The number of esters is 1. The molecule has 1 aliphatic rings. The maximum absolute atomic E-state index is 11.9. The van der Waals surface area contributed by atoms with Gasteiger partial charge in [0, 0.05) is 25.2 Å². The summed E-state index contributed by atoms with van der Waals surface area (Å²) in [5.74, 6) is 1.58. The molecule has 0 fully saturated rings. The SMILES string of the molecule is COc1cc(C[C@@H]2c3c(cc(OC)c(OC)c3OC)CC[N@@+]2(C)CCCOC(=O)CCC(=O)[O-])cc(OC)c1OC.Cl.Cl. The highest BCUT2D eigenvalue weighted by Crippen LogP contribution is 2.51. The van der Waals surface area contributed by atoms with Crippen molar-refractivity contribution in [3.8, 4) is 34.5 Å². The highest BCUT2D eigenvalue weighted by molar-refractivity contribution is 5.85. The highest BCUT2D eigenvalue weighted by atomic mass is 35.5. The van der Waals surface area contributed by atoms with E-state index in [1.54, 1.807) is 42.7 Å². The lowest BCUT2D eigenvalue weighted by atomic mass is 9.85. The van der Waals surface area contributed by atoms with Gasteiger partial charge in [-0.15, -0.1) is 24.8 Å². The third kappa shape index (κ3) is 8.64. The highest BCUT2D eigenvalue weighted by Gasteiger charge is 2.43. The molecule has 43 heavy (non-hydrogen) atoms. The fraction of sp³-hybridized carbons (Fsp3) is 0.533. The molecule has 0 saturated heterocycles. The molecule has 11 nitrogen and oxygen atoms in total. The van der Waals surface area contributed by atoms with E-state index in [2.05, 4.69) is 7.05 Å². The van der Waals surface area contributed by atoms with Gasteiger partial charge in [0.2, 0.25) is 11.5 Å². The van der Waals surface area contributed by atoms with Crippen LogP contribution in [0.15, 0.2) is 18.2 Å². The van der Waals surface area contributed by atoms with Gasteiger partial charge in [-0.1, -0.05) is 0 Å². The molecule has 1 heterocycles. The summed E-state index contributed by atoms with van der Waals surface area (Å²) in [5, 5.41) is 10.7. The van der Waals surface area contributed by atoms with Crippen LogP contribution in [-0.4, -0.2) is 85.8 Å². The molecule has 0 bridgehead atoms. The van der Waals surface area contributed by atoms with Crippen LogP contribution in [0.4, 0.5) is 0 Å². The van der Waals surface area contributed by atoms with Crippen LogP contribution in [0.3, 0.4) is 0 Å². The standard InChI is InChI=1S/C30H41NO10.2ClH/c1-31(12-8-14-41-26(34)10-9-25(32)33)13-11-20-18-24(37-4)29(39-6)30(40-7)27(20)21(31)15-19-16-22(35-2)28(38-5)23(17-19)36-3;;/h16-18,21H,8-15H2,1-7H3;2*1H/t21-,31-;;/m1../s1. The van der Waals surface area contributed by atoms with E-state index in [4.69, 9.17) is 33.2 Å². The second-order valence-corrected chi connectivity index (χ2v) is 10.1. The topological polar surface area (TPSA) is 122 Å². The van der Waals surface area contributed by atoms with Gasteiger partial charge >= 0.3 is 5.97 Å². The Labute approximate surface area is 265 Å². The number of hydrogen-bond acceptors (Lipinski definition) is 10. The lowest BCUT2D eigenvalue weighted by Gasteiger charge is -2.46. The smallest absolute Gasteiger partial charge is 0.306 e. The molecule has 0 radical (unpaired) electrons. The number of carbonyl (C=O) groups is 2. The van der Waals surface area contributed by atoms with E-state index in [1.165, 1.54) is 0 Å². The van der Waals surface area contributed by atoms with Crippen molar-refractivity contribution in [2.24, 2.45) is 0 Å². The average molecular weight is 649 g/mol. The van der Waals surface area contributed by atoms with E-state index >= 15 is 0 Å². The number of nitrogens with zero attached hydrogens (tertiary/aromatic N) is 1. The van der Waals surface area contributed by atoms with Crippen LogP contribution in [0, 0.1) is 0 Å². The molecule has 0 unspecified atom stereocenters. The maximum atomic E-state index is 11.9. The van der Waals surface area contributed by atoms with Crippen molar-refractivity contribution in [2.75, 3.05) is 69.4 Å². The predicted octanol–water partition coefficient (Wildman–Crippen LogP) is 3.33. The van der Waals surface area contributed by atoms with Gasteiger partial charge in [-0.05, 0) is 35.7 Å². The molecule has 242 valence electrons. The zero-order chi connectivity index (χ0) is 30.2. The predicted molar refractivity (Wildman–Crippen MR) is 163 cm³/mol. The largest absolute Gasteiger partial charge is 0.550 e. The average Bonchev–Trinajstić information content (AvgIpc) is 2.97. The molecule has 0 N–H and O–H groups in total. The summed E-state index contributed by atoms with van der Waals surface area (Å²) in [5.41, 5.74) is 3.12. The first-order valence-corrected chi connectivity index (χ1v) is 13.5. The number of hydrogen-bond donors (Lipinski definition) is 0. The summed E-state index contributed by atoms with van der Waals surface area (Å²) in [6, 6.07) is 5.84. The van der Waals surface area contributed by atoms with Crippen molar-refractivity contribution in [3.05, 3.63) is 34.9 Å². The van der Waals surface area contributed by atoms with Crippen LogP contribution >= 0.6 is 24.8 Å². The zero-order valence-electron chi connectivity index (χ0n) is 25.8. The number of likely N-dealkylation sites (N-methyl/N-ethyl adjacent to an activating group) is 1. The van der Waals surface area contributed by atoms with E-state index in [0.717, 1.165) is 29.7 Å². The Hall–Kier alpha value is -3.28. The Bertz CT molecular complexity index is 1220. The minimum atomic E-state index is -1.28. The van der Waals surface area contributed by atoms with Crippen LogP contribution in [0.5, 0.6) is 34.5 Å². The van der Waals surface area contributed by atoms with Crippen LogP contribution in [0.1, 0.15) is 42.0 Å². The monoisotopic (exact) mass is 647 g/mol. The molecule has 3 rings (SSSR count). The van der Waals surface area contributed by atoms with Crippen LogP contribution in [-0.2, 0) is 27.2 Å². The lowest BCUT2D eigenvalue weighted by Crippen LogP contribution is -2.52. The van der Waals surface area contributed by atoms with Crippen LogP contribution in [0.2, 0.25) is 0 Å². The number of ether oxygens (including phenoxy) is 7. The molecule has 0 amide bonds. The molecule has 2 aromatic carbocycles. The van der Waals surface area contributed by atoms with Crippen molar-refractivity contribution in [3.63, 3.8) is 0 Å². The van der Waals surface area contributed by atoms with Crippen molar-refractivity contribution in [1.29, 1.82) is 0 Å². The summed E-state index contributed by atoms with van der Waals surface area (Å²) in [7, 11) is 11.7. The molecular weight excluding hydrogens is 605 g/mol. The van der Waals surface area contributed by atoms with Crippen LogP contribution in [0.25, 0.3) is 0 Å². The Morgan fingerprint density at radius 3 is 1.88 bits per heavy atom.